The molecule has 0 saturated carbocycles. The van der Waals surface area contributed by atoms with Crippen LogP contribution in [0.5, 0.6) is 5.75 Å². The van der Waals surface area contributed by atoms with Crippen molar-refractivity contribution in [1.82, 2.24) is 0 Å². The van der Waals surface area contributed by atoms with E-state index < -0.39 is 12.0 Å². The fourth-order valence-corrected chi connectivity index (χ4v) is 2.71. The number of nitrogens with one attached hydrogen (secondary N) is 1. The topological polar surface area (TPSA) is 64.6 Å². The molecule has 1 atom stereocenters. The van der Waals surface area contributed by atoms with Gasteiger partial charge in [-0.25, -0.2) is 4.79 Å². The Hall–Kier alpha value is -0.626. The molecule has 137 valence electrons. The summed E-state index contributed by atoms with van der Waals surface area (Å²) in [6.07, 6.45) is 1.49. The molecule has 1 rings (SSSR count). The molecule has 0 aliphatic carbocycles. The summed E-state index contributed by atoms with van der Waals surface area (Å²) < 4.78 is 10.1. The van der Waals surface area contributed by atoms with Gasteiger partial charge in [-0.3, -0.25) is 4.79 Å². The van der Waals surface area contributed by atoms with Gasteiger partial charge in [0, 0.05) is 39.1 Å². The van der Waals surface area contributed by atoms with E-state index in [4.69, 9.17) is 22.3 Å². The fraction of sp³-hybridized carbons (Fsp3) is 0.529. The smallest absolute Gasteiger partial charge is 0.340 e. The molecular formula is C17H26N2O4SY. The first-order chi connectivity index (χ1) is 11.1. The van der Waals surface area contributed by atoms with Crippen LogP contribution in [0.2, 0.25) is 0 Å². The molecule has 1 amide bonds. The van der Waals surface area contributed by atoms with Crippen LogP contribution in [-0.2, 0) is 55.1 Å². The SMILES string of the molecule is CCCC(C(=O)Nc1c(C)cc(OC)cc1C(=O)OC)[N+](C)(C)[S-].[Y]. The van der Waals surface area contributed by atoms with Gasteiger partial charge >= 0.3 is 5.97 Å². The van der Waals surface area contributed by atoms with E-state index in [2.05, 4.69) is 5.32 Å². The second-order valence-electron chi connectivity index (χ2n) is 6.09. The number of rotatable bonds is 7. The molecule has 1 unspecified atom stereocenters. The molecule has 0 aliphatic rings. The zero-order valence-electron chi connectivity index (χ0n) is 15.7. The van der Waals surface area contributed by atoms with E-state index in [0.29, 0.717) is 23.4 Å². The Bertz CT molecular complexity index is 617. The van der Waals surface area contributed by atoms with E-state index in [1.165, 1.54) is 14.2 Å². The number of aryl methyl sites for hydroxylation is 1. The van der Waals surface area contributed by atoms with Gasteiger partial charge in [0.25, 0.3) is 5.91 Å². The van der Waals surface area contributed by atoms with Crippen molar-refractivity contribution < 1.29 is 55.7 Å². The summed E-state index contributed by atoms with van der Waals surface area (Å²) in [6, 6.07) is 2.92. The zero-order valence-corrected chi connectivity index (χ0v) is 19.4. The molecule has 0 aromatic heterocycles. The summed E-state index contributed by atoms with van der Waals surface area (Å²) in [7, 11) is 6.42. The molecule has 1 radical (unpaired) electrons. The molecule has 0 spiro atoms. The predicted octanol–water partition coefficient (Wildman–Crippen LogP) is 2.43. The maximum Gasteiger partial charge on any atom is 0.340 e. The fourth-order valence-electron chi connectivity index (χ4n) is 2.51. The molecule has 0 bridgehead atoms. The van der Waals surface area contributed by atoms with Gasteiger partial charge < -0.3 is 31.5 Å². The zero-order chi connectivity index (χ0) is 18.5. The van der Waals surface area contributed by atoms with Crippen molar-refractivity contribution in [2.75, 3.05) is 33.6 Å². The van der Waals surface area contributed by atoms with E-state index in [1.54, 1.807) is 33.2 Å². The van der Waals surface area contributed by atoms with E-state index in [9.17, 15) is 9.59 Å². The number of nitrogens with zero attached hydrogens (tertiary/aromatic N) is 1. The Morgan fingerprint density at radius 1 is 1.28 bits per heavy atom. The number of methoxy groups -OCH3 is 2. The van der Waals surface area contributed by atoms with E-state index in [-0.39, 0.29) is 48.1 Å². The number of hydrogen-bond acceptors (Lipinski definition) is 5. The number of quaternary nitrogens is 1. The summed E-state index contributed by atoms with van der Waals surface area (Å²) in [5, 5.41) is 2.86. The van der Waals surface area contributed by atoms with Crippen molar-refractivity contribution in [3.63, 3.8) is 0 Å². The summed E-state index contributed by atoms with van der Waals surface area (Å²) in [4.78, 5) is 24.8. The minimum absolute atomic E-state index is 0. The Morgan fingerprint density at radius 3 is 2.32 bits per heavy atom. The molecule has 1 aromatic carbocycles. The number of hydrogen-bond donors (Lipinski definition) is 1. The van der Waals surface area contributed by atoms with Crippen LogP contribution in [0.15, 0.2) is 12.1 Å². The Labute approximate surface area is 180 Å². The largest absolute Gasteiger partial charge is 0.497 e. The van der Waals surface area contributed by atoms with Gasteiger partial charge in [-0.1, -0.05) is 13.3 Å². The molecule has 25 heavy (non-hydrogen) atoms. The van der Waals surface area contributed by atoms with Gasteiger partial charge in [-0.05, 0) is 24.6 Å². The second kappa shape index (κ2) is 10.5. The minimum Gasteiger partial charge on any atom is -0.497 e. The number of ether oxygens (including phenoxy) is 2. The van der Waals surface area contributed by atoms with Crippen LogP contribution >= 0.6 is 0 Å². The molecule has 0 heterocycles. The van der Waals surface area contributed by atoms with E-state index in [1.807, 2.05) is 6.92 Å². The molecule has 8 heteroatoms. The molecule has 1 N–H and O–H groups in total. The third-order valence-corrected chi connectivity index (χ3v) is 4.07. The van der Waals surface area contributed by atoms with Gasteiger partial charge in [0.05, 0.1) is 39.6 Å². The number of benzene rings is 1. The van der Waals surface area contributed by atoms with Crippen LogP contribution in [0, 0.1) is 6.92 Å². The van der Waals surface area contributed by atoms with Gasteiger partial charge in [0.2, 0.25) is 0 Å². The summed E-state index contributed by atoms with van der Waals surface area (Å²) >= 11 is 5.41. The van der Waals surface area contributed by atoms with Gasteiger partial charge in [-0.2, -0.15) is 0 Å². The molecule has 0 fully saturated rings. The molecule has 0 aliphatic heterocycles. The Balaban J connectivity index is 0.00000576. The first-order valence-electron chi connectivity index (χ1n) is 7.78. The van der Waals surface area contributed by atoms with E-state index >= 15 is 0 Å². The van der Waals surface area contributed by atoms with Crippen molar-refractivity contribution >= 4 is 30.4 Å². The maximum atomic E-state index is 12.7. The van der Waals surface area contributed by atoms with Crippen LogP contribution in [0.25, 0.3) is 0 Å². The van der Waals surface area contributed by atoms with Crippen molar-refractivity contribution in [1.29, 1.82) is 0 Å². The molecular weight excluding hydrogens is 417 g/mol. The van der Waals surface area contributed by atoms with Crippen molar-refractivity contribution in [3.8, 4) is 5.75 Å². The molecule has 1 aromatic rings. The Morgan fingerprint density at radius 2 is 1.88 bits per heavy atom. The number of amides is 1. The third-order valence-electron chi connectivity index (χ3n) is 3.81. The number of esters is 1. The third kappa shape index (κ3) is 6.55. The second-order valence-corrected chi connectivity index (χ2v) is 7.03. The van der Waals surface area contributed by atoms with Crippen LogP contribution in [0.3, 0.4) is 0 Å². The molecule has 0 saturated heterocycles. The van der Waals surface area contributed by atoms with Gasteiger partial charge in [-0.15, -0.1) is 0 Å². The number of likely N-dealkylation sites (N-methyl/N-ethyl adjacent to an activating group) is 1. The number of carbonyl (C=O) groups excluding carboxylic acids is 2. The van der Waals surface area contributed by atoms with Crippen LogP contribution in [0.1, 0.15) is 35.7 Å². The summed E-state index contributed by atoms with van der Waals surface area (Å²) in [6.45, 7) is 3.80. The first-order valence-corrected chi connectivity index (χ1v) is 8.14. The van der Waals surface area contributed by atoms with Crippen LogP contribution < -0.4 is 10.1 Å². The van der Waals surface area contributed by atoms with E-state index in [0.717, 1.165) is 6.42 Å². The number of anilines is 1. The minimum atomic E-state index is -0.536. The van der Waals surface area contributed by atoms with Crippen LogP contribution in [-0.4, -0.2) is 50.1 Å². The monoisotopic (exact) mass is 443 g/mol. The van der Waals surface area contributed by atoms with Crippen molar-refractivity contribution in [2.45, 2.75) is 32.7 Å². The van der Waals surface area contributed by atoms with Gasteiger partial charge in [0.1, 0.15) is 5.75 Å². The average molecular weight is 443 g/mol. The maximum absolute atomic E-state index is 12.7. The molecule has 6 nitrogen and oxygen atoms in total. The van der Waals surface area contributed by atoms with Crippen LogP contribution in [0.4, 0.5) is 5.69 Å². The average Bonchev–Trinajstić information content (AvgIpc) is 2.51. The van der Waals surface area contributed by atoms with Gasteiger partial charge in [0.15, 0.2) is 6.04 Å². The first kappa shape index (κ1) is 24.4. The number of carbonyl (C=O) groups is 2. The summed E-state index contributed by atoms with van der Waals surface area (Å²) in [5.74, 6) is -0.225. The Kier molecular flexibility index (Phi) is 10.2. The quantitative estimate of drug-likeness (QED) is 0.399. The predicted molar refractivity (Wildman–Crippen MR) is 95.9 cm³/mol. The van der Waals surface area contributed by atoms with Crippen molar-refractivity contribution in [3.05, 3.63) is 23.3 Å². The summed E-state index contributed by atoms with van der Waals surface area (Å²) in [5.41, 5.74) is 1.40. The standard InChI is InChI=1S/C17H26N2O4S.Y/c1-7-8-14(19(3,4)24)16(20)18-15-11(2)9-12(22-5)10-13(15)17(21)23-6;/h9-10,14H,7-8H2,1-6H3,(H,18,20);. The van der Waals surface area contributed by atoms with Crippen molar-refractivity contribution in [2.24, 2.45) is 0 Å². The normalized spacial score (nSPS) is 12.0.